The summed E-state index contributed by atoms with van der Waals surface area (Å²) in [7, 11) is 0. The summed E-state index contributed by atoms with van der Waals surface area (Å²) in [5.74, 6) is -0.151. The highest BCUT2D eigenvalue weighted by Crippen LogP contribution is 2.34. The Kier molecular flexibility index (Phi) is 5.61. The summed E-state index contributed by atoms with van der Waals surface area (Å²) in [4.78, 5) is 17.8. The molecule has 0 saturated carbocycles. The zero-order valence-electron chi connectivity index (χ0n) is 16.9. The van der Waals surface area contributed by atoms with Crippen molar-refractivity contribution in [3.63, 3.8) is 0 Å². The van der Waals surface area contributed by atoms with Gasteiger partial charge in [-0.3, -0.25) is 9.13 Å². The van der Waals surface area contributed by atoms with Gasteiger partial charge in [0, 0.05) is 24.4 Å². The van der Waals surface area contributed by atoms with Crippen LogP contribution in [-0.2, 0) is 0 Å². The third-order valence-electron chi connectivity index (χ3n) is 5.70. The number of hydrogen-bond acceptors (Lipinski definition) is 6. The second-order valence-electron chi connectivity index (χ2n) is 7.53. The number of nitrogens with zero attached hydrogens (tertiary/aromatic N) is 4. The highest BCUT2D eigenvalue weighted by molar-refractivity contribution is 5.85. The lowest BCUT2D eigenvalue weighted by molar-refractivity contribution is 0.472. The monoisotopic (exact) mass is 449 g/mol. The molecular weight excluding hydrogens is 430 g/mol. The van der Waals surface area contributed by atoms with Crippen LogP contribution in [0.25, 0.3) is 28.0 Å². The average molecular weight is 450 g/mol. The summed E-state index contributed by atoms with van der Waals surface area (Å²) in [6.07, 6.45) is 2.52. The fourth-order valence-corrected chi connectivity index (χ4v) is 4.18. The lowest BCUT2D eigenvalue weighted by Gasteiger charge is -2.10. The third kappa shape index (κ3) is 3.38. The smallest absolute Gasteiger partial charge is 0.335 e. The maximum Gasteiger partial charge on any atom is 0.335 e. The molecule has 2 aromatic carbocycles. The number of halogens is 1. The van der Waals surface area contributed by atoms with E-state index in [-0.39, 0.29) is 41.2 Å². The number of pyridine rings is 1. The molecule has 2 aromatic heterocycles. The van der Waals surface area contributed by atoms with Crippen molar-refractivity contribution >= 4 is 23.6 Å². The van der Waals surface area contributed by atoms with Gasteiger partial charge in [-0.25, -0.2) is 9.78 Å². The highest BCUT2D eigenvalue weighted by atomic mass is 35.5. The maximum absolute atomic E-state index is 13.4. The van der Waals surface area contributed by atoms with Crippen LogP contribution in [0.1, 0.15) is 18.0 Å². The van der Waals surface area contributed by atoms with Gasteiger partial charge in [-0.05, 0) is 54.9 Å². The predicted molar refractivity (Wildman–Crippen MR) is 123 cm³/mol. The van der Waals surface area contributed by atoms with Crippen LogP contribution in [0, 0.1) is 11.3 Å². The SMILES string of the molecule is Cl.N#Cc1cc(-c2ccc(-n3c(=O)n([C@H]4CCNC4)c4ncccc43)cc2O)ccc1O. The number of nitrogens with one attached hydrogen (secondary N) is 1. The lowest BCUT2D eigenvalue weighted by atomic mass is 10.0. The van der Waals surface area contributed by atoms with Gasteiger partial charge >= 0.3 is 5.69 Å². The summed E-state index contributed by atoms with van der Waals surface area (Å²) in [5, 5.41) is 32.9. The predicted octanol–water partition coefficient (Wildman–Crippen LogP) is 3.09. The molecule has 5 rings (SSSR count). The maximum atomic E-state index is 13.4. The number of rotatable bonds is 3. The topological polar surface area (TPSA) is 116 Å². The second-order valence-corrected chi connectivity index (χ2v) is 7.53. The number of imidazole rings is 1. The summed E-state index contributed by atoms with van der Waals surface area (Å²) in [6, 6.07) is 15.1. The van der Waals surface area contributed by atoms with Gasteiger partial charge in [0.05, 0.1) is 22.8 Å². The standard InChI is InChI=1S/C23H19N5O3.ClH/c24-12-15-10-14(3-6-20(15)29)18-5-4-16(11-21(18)30)27-19-2-1-8-26-22(19)28(23(27)31)17-7-9-25-13-17;/h1-6,8,10-11,17,25,29-30H,7,9,13H2;1H/t17-;/m0./s1. The molecule has 0 aliphatic carbocycles. The molecule has 1 fully saturated rings. The largest absolute Gasteiger partial charge is 0.507 e. The number of benzene rings is 2. The van der Waals surface area contributed by atoms with E-state index in [0.29, 0.717) is 34.5 Å². The van der Waals surface area contributed by atoms with Crippen LogP contribution in [-0.4, -0.2) is 37.4 Å². The van der Waals surface area contributed by atoms with Crippen molar-refractivity contribution in [3.05, 3.63) is 70.8 Å². The zero-order chi connectivity index (χ0) is 21.5. The van der Waals surface area contributed by atoms with Gasteiger partial charge < -0.3 is 15.5 Å². The van der Waals surface area contributed by atoms with E-state index in [1.165, 1.54) is 18.2 Å². The van der Waals surface area contributed by atoms with E-state index in [4.69, 9.17) is 5.26 Å². The van der Waals surface area contributed by atoms with Crippen molar-refractivity contribution in [1.82, 2.24) is 19.4 Å². The van der Waals surface area contributed by atoms with Crippen LogP contribution >= 0.6 is 12.4 Å². The molecule has 9 heteroatoms. The fourth-order valence-electron chi connectivity index (χ4n) is 4.18. The number of nitriles is 1. The Hall–Kier alpha value is -3.80. The van der Waals surface area contributed by atoms with Crippen molar-refractivity contribution in [2.45, 2.75) is 12.5 Å². The van der Waals surface area contributed by atoms with Crippen molar-refractivity contribution in [2.75, 3.05) is 13.1 Å². The van der Waals surface area contributed by atoms with Crippen LogP contribution in [0.2, 0.25) is 0 Å². The van der Waals surface area contributed by atoms with Gasteiger partial charge in [0.15, 0.2) is 5.65 Å². The van der Waals surface area contributed by atoms with Gasteiger partial charge in [0.1, 0.15) is 17.6 Å². The molecule has 1 atom stereocenters. The minimum absolute atomic E-state index is 0. The number of phenols is 2. The van der Waals surface area contributed by atoms with Crippen molar-refractivity contribution in [3.8, 4) is 34.4 Å². The molecule has 162 valence electrons. The van der Waals surface area contributed by atoms with Gasteiger partial charge in [-0.2, -0.15) is 5.26 Å². The van der Waals surface area contributed by atoms with Gasteiger partial charge in [-0.15, -0.1) is 12.4 Å². The first-order chi connectivity index (χ1) is 15.1. The number of aromatic hydroxyl groups is 2. The van der Waals surface area contributed by atoms with Gasteiger partial charge in [0.2, 0.25) is 0 Å². The summed E-state index contributed by atoms with van der Waals surface area (Å²) < 4.78 is 3.28. The van der Waals surface area contributed by atoms with E-state index in [9.17, 15) is 15.0 Å². The van der Waals surface area contributed by atoms with Gasteiger partial charge in [0.25, 0.3) is 0 Å². The molecule has 1 saturated heterocycles. The second kappa shape index (κ2) is 8.38. The van der Waals surface area contributed by atoms with Crippen molar-refractivity contribution in [2.24, 2.45) is 0 Å². The first-order valence-electron chi connectivity index (χ1n) is 9.94. The molecule has 3 N–H and O–H groups in total. The molecular formula is C23H20ClN5O3. The summed E-state index contributed by atoms with van der Waals surface area (Å²) in [6.45, 7) is 1.56. The van der Waals surface area contributed by atoms with E-state index in [0.717, 1.165) is 13.0 Å². The number of phenolic OH excluding ortho intramolecular Hbond substituents is 2. The van der Waals surface area contributed by atoms with Crippen LogP contribution in [0.3, 0.4) is 0 Å². The Morgan fingerprint density at radius 2 is 1.97 bits per heavy atom. The number of hydrogen-bond donors (Lipinski definition) is 3. The van der Waals surface area contributed by atoms with E-state index >= 15 is 0 Å². The first-order valence-corrected chi connectivity index (χ1v) is 9.94. The Bertz CT molecular complexity index is 1410. The molecule has 0 bridgehead atoms. The average Bonchev–Trinajstić information content (AvgIpc) is 3.39. The highest BCUT2D eigenvalue weighted by Gasteiger charge is 2.25. The van der Waals surface area contributed by atoms with Crippen molar-refractivity contribution in [1.29, 1.82) is 5.26 Å². The molecule has 1 aliphatic heterocycles. The number of fused-ring (bicyclic) bond motifs is 1. The van der Waals surface area contributed by atoms with Crippen LogP contribution < -0.4 is 11.0 Å². The first kappa shape index (κ1) is 21.4. The minimum Gasteiger partial charge on any atom is -0.507 e. The molecule has 8 nitrogen and oxygen atoms in total. The van der Waals surface area contributed by atoms with Crippen molar-refractivity contribution < 1.29 is 10.2 Å². The Labute approximate surface area is 189 Å². The lowest BCUT2D eigenvalue weighted by Crippen LogP contribution is -2.28. The molecule has 0 amide bonds. The van der Waals surface area contributed by atoms with E-state index in [1.807, 2.05) is 12.1 Å². The van der Waals surface area contributed by atoms with Gasteiger partial charge in [-0.1, -0.05) is 6.07 Å². The number of aromatic nitrogens is 3. The Morgan fingerprint density at radius 1 is 1.12 bits per heavy atom. The summed E-state index contributed by atoms with van der Waals surface area (Å²) >= 11 is 0. The zero-order valence-corrected chi connectivity index (χ0v) is 17.7. The van der Waals surface area contributed by atoms with Crippen LogP contribution in [0.5, 0.6) is 11.5 Å². The summed E-state index contributed by atoms with van der Waals surface area (Å²) in [5.41, 5.74) is 2.81. The van der Waals surface area contributed by atoms with Crippen LogP contribution in [0.4, 0.5) is 0 Å². The molecule has 3 heterocycles. The van der Waals surface area contributed by atoms with E-state index in [1.54, 1.807) is 39.6 Å². The molecule has 1 aliphatic rings. The quantitative estimate of drug-likeness (QED) is 0.442. The van der Waals surface area contributed by atoms with Crippen LogP contribution in [0.15, 0.2) is 59.5 Å². The third-order valence-corrected chi connectivity index (χ3v) is 5.70. The van der Waals surface area contributed by atoms with E-state index in [2.05, 4.69) is 10.3 Å². The molecule has 32 heavy (non-hydrogen) atoms. The molecule has 4 aromatic rings. The minimum atomic E-state index is -0.203. The fraction of sp³-hybridized carbons (Fsp3) is 0.174. The Morgan fingerprint density at radius 3 is 2.69 bits per heavy atom. The Balaban J connectivity index is 0.00000245. The molecule has 0 spiro atoms. The normalized spacial score (nSPS) is 15.4. The van der Waals surface area contributed by atoms with E-state index < -0.39 is 0 Å². The molecule has 0 unspecified atom stereocenters. The molecule has 0 radical (unpaired) electrons.